The zero-order chi connectivity index (χ0) is 16.2. The minimum Gasteiger partial charge on any atom is -0.476 e. The number of hydrogen-bond donors (Lipinski definition) is 1. The Hall–Kier alpha value is -1.94. The number of pyridine rings is 2. The fraction of sp³-hybridized carbons (Fsp3) is 0.444. The molecule has 0 aromatic carbocycles. The van der Waals surface area contributed by atoms with Crippen molar-refractivity contribution in [2.45, 2.75) is 39.7 Å². The molecule has 0 aliphatic heterocycles. The molecule has 0 radical (unpaired) electrons. The highest BCUT2D eigenvalue weighted by Gasteiger charge is 2.21. The van der Waals surface area contributed by atoms with E-state index in [4.69, 9.17) is 10.5 Å². The fourth-order valence-electron chi connectivity index (χ4n) is 2.59. The Morgan fingerprint density at radius 3 is 2.55 bits per heavy atom. The van der Waals surface area contributed by atoms with Gasteiger partial charge in [-0.2, -0.15) is 0 Å². The molecule has 1 atom stereocenters. The zero-order valence-corrected chi connectivity index (χ0v) is 13.8. The van der Waals surface area contributed by atoms with Crippen LogP contribution in [0.3, 0.4) is 0 Å². The summed E-state index contributed by atoms with van der Waals surface area (Å²) in [5.74, 6) is 1.15. The number of ether oxygens (including phenoxy) is 1. The summed E-state index contributed by atoms with van der Waals surface area (Å²) in [6.45, 7) is 8.78. The van der Waals surface area contributed by atoms with E-state index in [0.717, 1.165) is 23.2 Å². The van der Waals surface area contributed by atoms with E-state index in [-0.39, 0.29) is 5.54 Å². The third kappa shape index (κ3) is 4.81. The average molecular weight is 299 g/mol. The molecule has 0 spiro atoms. The van der Waals surface area contributed by atoms with Crippen LogP contribution in [0.4, 0.5) is 0 Å². The quantitative estimate of drug-likeness (QED) is 0.885. The Morgan fingerprint density at radius 2 is 1.95 bits per heavy atom. The van der Waals surface area contributed by atoms with Crippen molar-refractivity contribution >= 4 is 0 Å². The molecule has 0 bridgehead atoms. The standard InChI is InChI=1S/C18H25N3O/c1-13(2)10-18(4,19)12-22-17-6-5-16(11-21-17)15-7-8-20-14(3)9-15/h5-9,11,13H,10,12,19H2,1-4H3/t18-/m0/s1. The molecular weight excluding hydrogens is 274 g/mol. The van der Waals surface area contributed by atoms with Gasteiger partial charge < -0.3 is 10.5 Å². The average Bonchev–Trinajstić information content (AvgIpc) is 2.44. The lowest BCUT2D eigenvalue weighted by Crippen LogP contribution is -2.43. The molecule has 118 valence electrons. The van der Waals surface area contributed by atoms with Gasteiger partial charge >= 0.3 is 0 Å². The minimum atomic E-state index is -0.337. The van der Waals surface area contributed by atoms with Gasteiger partial charge in [0.2, 0.25) is 5.88 Å². The molecule has 4 nitrogen and oxygen atoms in total. The van der Waals surface area contributed by atoms with Crippen molar-refractivity contribution in [3.05, 3.63) is 42.4 Å². The van der Waals surface area contributed by atoms with Gasteiger partial charge in [0.05, 0.1) is 0 Å². The molecule has 0 amide bonds. The number of hydrogen-bond acceptors (Lipinski definition) is 4. The van der Waals surface area contributed by atoms with Crippen molar-refractivity contribution in [1.29, 1.82) is 0 Å². The van der Waals surface area contributed by atoms with E-state index in [9.17, 15) is 0 Å². The third-order valence-corrected chi connectivity index (χ3v) is 3.39. The van der Waals surface area contributed by atoms with Crippen LogP contribution in [0.2, 0.25) is 0 Å². The van der Waals surface area contributed by atoms with Crippen LogP contribution in [0, 0.1) is 12.8 Å². The summed E-state index contributed by atoms with van der Waals surface area (Å²) in [6.07, 6.45) is 4.54. The van der Waals surface area contributed by atoms with Crippen molar-refractivity contribution in [3.8, 4) is 17.0 Å². The number of rotatable bonds is 6. The molecule has 0 unspecified atom stereocenters. The number of aryl methyl sites for hydroxylation is 1. The van der Waals surface area contributed by atoms with E-state index in [0.29, 0.717) is 18.4 Å². The highest BCUT2D eigenvalue weighted by molar-refractivity contribution is 5.62. The van der Waals surface area contributed by atoms with E-state index in [2.05, 4.69) is 23.8 Å². The second-order valence-electron chi connectivity index (χ2n) is 6.61. The number of nitrogens with two attached hydrogens (primary N) is 1. The van der Waals surface area contributed by atoms with E-state index in [1.165, 1.54) is 0 Å². The Balaban J connectivity index is 2.00. The summed E-state index contributed by atoms with van der Waals surface area (Å²) in [7, 11) is 0. The van der Waals surface area contributed by atoms with E-state index >= 15 is 0 Å². The van der Waals surface area contributed by atoms with Gasteiger partial charge in [-0.3, -0.25) is 4.98 Å². The molecule has 0 aliphatic carbocycles. The maximum Gasteiger partial charge on any atom is 0.213 e. The van der Waals surface area contributed by atoms with Crippen molar-refractivity contribution in [2.75, 3.05) is 6.61 Å². The summed E-state index contributed by atoms with van der Waals surface area (Å²) in [6, 6.07) is 7.91. The molecule has 0 aliphatic rings. The van der Waals surface area contributed by atoms with Gasteiger partial charge in [-0.15, -0.1) is 0 Å². The second kappa shape index (κ2) is 6.88. The first-order valence-electron chi connectivity index (χ1n) is 7.66. The van der Waals surface area contributed by atoms with Gasteiger partial charge in [0.15, 0.2) is 0 Å². The van der Waals surface area contributed by atoms with Crippen molar-refractivity contribution in [3.63, 3.8) is 0 Å². The molecule has 2 aromatic rings. The van der Waals surface area contributed by atoms with E-state index in [1.54, 1.807) is 6.20 Å². The van der Waals surface area contributed by atoms with Gasteiger partial charge in [-0.05, 0) is 49.9 Å². The van der Waals surface area contributed by atoms with Crippen LogP contribution in [0.5, 0.6) is 5.88 Å². The second-order valence-corrected chi connectivity index (χ2v) is 6.61. The Kier molecular flexibility index (Phi) is 5.14. The Bertz CT molecular complexity index is 606. The lowest BCUT2D eigenvalue weighted by atomic mass is 9.93. The number of aromatic nitrogens is 2. The van der Waals surface area contributed by atoms with Gasteiger partial charge in [-0.25, -0.2) is 4.98 Å². The minimum absolute atomic E-state index is 0.337. The largest absolute Gasteiger partial charge is 0.476 e. The highest BCUT2D eigenvalue weighted by Crippen LogP contribution is 2.21. The Labute approximate surface area is 132 Å². The predicted molar refractivity (Wildman–Crippen MR) is 89.7 cm³/mol. The third-order valence-electron chi connectivity index (χ3n) is 3.39. The molecule has 2 aromatic heterocycles. The monoisotopic (exact) mass is 299 g/mol. The van der Waals surface area contributed by atoms with Crippen LogP contribution in [0.1, 0.15) is 32.9 Å². The SMILES string of the molecule is Cc1cc(-c2ccc(OC[C@@](C)(N)CC(C)C)nc2)ccn1. The molecule has 0 saturated carbocycles. The zero-order valence-electron chi connectivity index (χ0n) is 13.8. The predicted octanol–water partition coefficient (Wildman–Crippen LogP) is 3.59. The van der Waals surface area contributed by atoms with Crippen LogP contribution in [-0.2, 0) is 0 Å². The molecule has 2 heterocycles. The van der Waals surface area contributed by atoms with Crippen LogP contribution in [0.25, 0.3) is 11.1 Å². The smallest absolute Gasteiger partial charge is 0.213 e. The van der Waals surface area contributed by atoms with Crippen molar-refractivity contribution in [1.82, 2.24) is 9.97 Å². The lowest BCUT2D eigenvalue weighted by molar-refractivity contribution is 0.200. The molecule has 0 saturated heterocycles. The first-order chi connectivity index (χ1) is 10.4. The maximum atomic E-state index is 6.24. The van der Waals surface area contributed by atoms with Crippen LogP contribution in [-0.4, -0.2) is 22.1 Å². The van der Waals surface area contributed by atoms with Crippen LogP contribution >= 0.6 is 0 Å². The first kappa shape index (κ1) is 16.4. The van der Waals surface area contributed by atoms with Gasteiger partial charge in [0, 0.05) is 35.3 Å². The van der Waals surface area contributed by atoms with E-state index < -0.39 is 0 Å². The summed E-state index contributed by atoms with van der Waals surface area (Å²) in [4.78, 5) is 8.57. The Morgan fingerprint density at radius 1 is 1.18 bits per heavy atom. The van der Waals surface area contributed by atoms with Gasteiger partial charge in [0.1, 0.15) is 6.61 Å². The molecule has 2 rings (SSSR count). The normalized spacial score (nSPS) is 13.9. The molecular formula is C18H25N3O. The maximum absolute atomic E-state index is 6.24. The lowest BCUT2D eigenvalue weighted by Gasteiger charge is -2.26. The summed E-state index contributed by atoms with van der Waals surface area (Å²) < 4.78 is 5.74. The molecule has 4 heteroatoms. The summed E-state index contributed by atoms with van der Waals surface area (Å²) in [5, 5.41) is 0. The first-order valence-corrected chi connectivity index (χ1v) is 7.66. The van der Waals surface area contributed by atoms with Crippen molar-refractivity contribution in [2.24, 2.45) is 11.7 Å². The number of nitrogens with zero attached hydrogens (tertiary/aromatic N) is 2. The fourth-order valence-corrected chi connectivity index (χ4v) is 2.59. The summed E-state index contributed by atoms with van der Waals surface area (Å²) in [5.41, 5.74) is 9.06. The van der Waals surface area contributed by atoms with Crippen LogP contribution in [0.15, 0.2) is 36.7 Å². The highest BCUT2D eigenvalue weighted by atomic mass is 16.5. The van der Waals surface area contributed by atoms with E-state index in [1.807, 2.05) is 44.3 Å². The van der Waals surface area contributed by atoms with Gasteiger partial charge in [0.25, 0.3) is 0 Å². The molecule has 0 fully saturated rings. The van der Waals surface area contributed by atoms with Gasteiger partial charge in [-0.1, -0.05) is 13.8 Å². The van der Waals surface area contributed by atoms with Crippen molar-refractivity contribution < 1.29 is 4.74 Å². The molecule has 22 heavy (non-hydrogen) atoms. The molecule has 2 N–H and O–H groups in total. The summed E-state index contributed by atoms with van der Waals surface area (Å²) >= 11 is 0. The van der Waals surface area contributed by atoms with Crippen LogP contribution < -0.4 is 10.5 Å². The topological polar surface area (TPSA) is 61.0 Å².